The highest BCUT2D eigenvalue weighted by atomic mass is 32.2. The van der Waals surface area contributed by atoms with E-state index in [1.807, 2.05) is 74.5 Å². The monoisotopic (exact) mass is 570 g/mol. The SMILES string of the molecule is CCN(CC)C(=O)c1sc(NC(=S)NNC(=O)C(Sc2ccccc2)c2ccccc2)c(C(=O)OC)c1C. The number of thiophene rings is 1. The zero-order valence-corrected chi connectivity index (χ0v) is 24.0. The number of hydrogen-bond donors (Lipinski definition) is 3. The Morgan fingerprint density at radius 3 is 2.18 bits per heavy atom. The van der Waals surface area contributed by atoms with E-state index in [1.54, 1.807) is 11.8 Å². The molecule has 1 heterocycles. The molecule has 0 fully saturated rings. The van der Waals surface area contributed by atoms with Gasteiger partial charge >= 0.3 is 5.97 Å². The summed E-state index contributed by atoms with van der Waals surface area (Å²) in [6.45, 7) is 6.57. The number of carbonyl (C=O) groups is 3. The molecular formula is C27H30N4O4S3. The number of amides is 2. The molecule has 11 heteroatoms. The van der Waals surface area contributed by atoms with Gasteiger partial charge in [-0.05, 0) is 56.2 Å². The van der Waals surface area contributed by atoms with Gasteiger partial charge < -0.3 is 15.0 Å². The number of nitrogens with zero attached hydrogens (tertiary/aromatic N) is 1. The van der Waals surface area contributed by atoms with Crippen molar-refractivity contribution in [3.63, 3.8) is 0 Å². The van der Waals surface area contributed by atoms with E-state index < -0.39 is 11.2 Å². The molecule has 0 spiro atoms. The van der Waals surface area contributed by atoms with Crippen LogP contribution in [-0.4, -0.2) is 48.0 Å². The van der Waals surface area contributed by atoms with Gasteiger partial charge in [0.1, 0.15) is 10.3 Å². The molecule has 0 aliphatic heterocycles. The highest BCUT2D eigenvalue weighted by molar-refractivity contribution is 8.00. The molecule has 0 saturated carbocycles. The van der Waals surface area contributed by atoms with Gasteiger partial charge in [-0.1, -0.05) is 48.5 Å². The summed E-state index contributed by atoms with van der Waals surface area (Å²) in [7, 11) is 1.28. The second-order valence-electron chi connectivity index (χ2n) is 8.02. The van der Waals surface area contributed by atoms with E-state index in [9.17, 15) is 14.4 Å². The molecule has 3 aromatic rings. The summed E-state index contributed by atoms with van der Waals surface area (Å²) in [4.78, 5) is 41.8. The summed E-state index contributed by atoms with van der Waals surface area (Å²) in [5.74, 6) is -1.07. The van der Waals surface area contributed by atoms with E-state index in [2.05, 4.69) is 16.2 Å². The van der Waals surface area contributed by atoms with Gasteiger partial charge in [-0.2, -0.15) is 0 Å². The fourth-order valence-electron chi connectivity index (χ4n) is 3.66. The van der Waals surface area contributed by atoms with E-state index in [0.29, 0.717) is 28.5 Å². The fourth-order valence-corrected chi connectivity index (χ4v) is 6.09. The Kier molecular flexibility index (Phi) is 10.7. The van der Waals surface area contributed by atoms with Crippen LogP contribution in [0.15, 0.2) is 65.6 Å². The minimum absolute atomic E-state index is 0.0584. The average molecular weight is 571 g/mol. The van der Waals surface area contributed by atoms with E-state index in [0.717, 1.165) is 21.8 Å². The van der Waals surface area contributed by atoms with Crippen molar-refractivity contribution in [3.8, 4) is 0 Å². The first-order valence-corrected chi connectivity index (χ1v) is 14.1. The molecule has 2 aromatic carbocycles. The third kappa shape index (κ3) is 7.12. The summed E-state index contributed by atoms with van der Waals surface area (Å²) in [5, 5.41) is 2.82. The Balaban J connectivity index is 1.76. The predicted octanol–water partition coefficient (Wildman–Crippen LogP) is 5.18. The second-order valence-corrected chi connectivity index (χ2v) is 10.6. The Morgan fingerprint density at radius 2 is 1.61 bits per heavy atom. The number of thioether (sulfide) groups is 1. The quantitative estimate of drug-likeness (QED) is 0.140. The summed E-state index contributed by atoms with van der Waals surface area (Å²) in [6, 6.07) is 19.1. The van der Waals surface area contributed by atoms with Crippen LogP contribution < -0.4 is 16.2 Å². The number of benzene rings is 2. The summed E-state index contributed by atoms with van der Waals surface area (Å²) in [6.07, 6.45) is 0. The van der Waals surface area contributed by atoms with Gasteiger partial charge in [0.15, 0.2) is 5.11 Å². The van der Waals surface area contributed by atoms with Crippen LogP contribution in [0.3, 0.4) is 0 Å². The molecule has 0 saturated heterocycles. The third-order valence-corrected chi connectivity index (χ3v) is 8.31. The first-order valence-electron chi connectivity index (χ1n) is 11.9. The van der Waals surface area contributed by atoms with Gasteiger partial charge in [0.2, 0.25) is 0 Å². The lowest BCUT2D eigenvalue weighted by molar-refractivity contribution is -0.121. The zero-order valence-electron chi connectivity index (χ0n) is 21.6. The third-order valence-electron chi connectivity index (χ3n) is 5.65. The molecule has 0 bridgehead atoms. The molecule has 0 radical (unpaired) electrons. The highest BCUT2D eigenvalue weighted by Crippen LogP contribution is 2.36. The van der Waals surface area contributed by atoms with Crippen molar-refractivity contribution in [1.82, 2.24) is 15.8 Å². The molecule has 38 heavy (non-hydrogen) atoms. The fraction of sp³-hybridized carbons (Fsp3) is 0.259. The Hall–Kier alpha value is -3.41. The van der Waals surface area contributed by atoms with E-state index in [-0.39, 0.29) is 22.5 Å². The van der Waals surface area contributed by atoms with E-state index in [1.165, 1.54) is 18.9 Å². The lowest BCUT2D eigenvalue weighted by atomic mass is 10.1. The maximum Gasteiger partial charge on any atom is 0.341 e. The Bertz CT molecular complexity index is 1280. The van der Waals surface area contributed by atoms with Gasteiger partial charge in [-0.25, -0.2) is 4.79 Å². The van der Waals surface area contributed by atoms with Gasteiger partial charge in [-0.15, -0.1) is 23.1 Å². The minimum atomic E-state index is -0.588. The number of methoxy groups -OCH3 is 1. The van der Waals surface area contributed by atoms with Crippen molar-refractivity contribution in [1.29, 1.82) is 0 Å². The highest BCUT2D eigenvalue weighted by Gasteiger charge is 2.28. The number of anilines is 1. The molecule has 200 valence electrons. The van der Waals surface area contributed by atoms with Crippen LogP contribution >= 0.6 is 35.3 Å². The van der Waals surface area contributed by atoms with Crippen LogP contribution in [-0.2, 0) is 9.53 Å². The Morgan fingerprint density at radius 1 is 1.00 bits per heavy atom. The number of esters is 1. The van der Waals surface area contributed by atoms with Crippen molar-refractivity contribution in [2.75, 3.05) is 25.5 Å². The average Bonchev–Trinajstić information content (AvgIpc) is 3.26. The molecule has 1 atom stereocenters. The summed E-state index contributed by atoms with van der Waals surface area (Å²) < 4.78 is 4.95. The van der Waals surface area contributed by atoms with Crippen molar-refractivity contribution in [2.24, 2.45) is 0 Å². The molecule has 1 unspecified atom stereocenters. The molecule has 0 aliphatic carbocycles. The molecule has 2 amide bonds. The molecule has 0 aliphatic rings. The van der Waals surface area contributed by atoms with Crippen LogP contribution in [0.4, 0.5) is 5.00 Å². The lowest BCUT2D eigenvalue weighted by Crippen LogP contribution is -2.45. The standard InChI is InChI=1S/C27H30N4O4S3/c1-5-31(6-2)25(33)21-17(3)20(26(34)35-4)24(38-21)28-27(36)30-29-23(32)22(18-13-9-7-10-14-18)37-19-15-11-8-12-16-19/h7-16,22H,5-6H2,1-4H3,(H,29,32)(H2,28,30,36). The first kappa shape index (κ1) is 29.2. The number of thiocarbonyl (C=S) groups is 1. The summed E-state index contributed by atoms with van der Waals surface area (Å²) >= 11 is 7.93. The van der Waals surface area contributed by atoms with E-state index in [4.69, 9.17) is 17.0 Å². The van der Waals surface area contributed by atoms with Crippen LogP contribution in [0.5, 0.6) is 0 Å². The first-order chi connectivity index (χ1) is 18.3. The van der Waals surface area contributed by atoms with Crippen LogP contribution in [0.25, 0.3) is 0 Å². The zero-order chi connectivity index (χ0) is 27.7. The summed E-state index contributed by atoms with van der Waals surface area (Å²) in [5.41, 5.74) is 6.96. The molecule has 3 N–H and O–H groups in total. The largest absolute Gasteiger partial charge is 0.465 e. The van der Waals surface area contributed by atoms with Crippen molar-refractivity contribution in [3.05, 3.63) is 82.2 Å². The van der Waals surface area contributed by atoms with Crippen LogP contribution in [0.1, 0.15) is 50.3 Å². The number of nitrogens with one attached hydrogen (secondary N) is 3. The molecule has 3 rings (SSSR count). The molecular weight excluding hydrogens is 541 g/mol. The van der Waals surface area contributed by atoms with Crippen LogP contribution in [0, 0.1) is 6.92 Å². The molecule has 8 nitrogen and oxygen atoms in total. The van der Waals surface area contributed by atoms with Gasteiger partial charge in [0.05, 0.1) is 17.6 Å². The van der Waals surface area contributed by atoms with Crippen LogP contribution in [0.2, 0.25) is 0 Å². The maximum absolute atomic E-state index is 13.2. The van der Waals surface area contributed by atoms with Crippen molar-refractivity contribution in [2.45, 2.75) is 30.9 Å². The van der Waals surface area contributed by atoms with Crippen molar-refractivity contribution >= 4 is 63.2 Å². The van der Waals surface area contributed by atoms with Gasteiger partial charge in [0, 0.05) is 18.0 Å². The number of hydrazine groups is 1. The normalized spacial score (nSPS) is 11.3. The Labute approximate surface area is 236 Å². The smallest absolute Gasteiger partial charge is 0.341 e. The van der Waals surface area contributed by atoms with Gasteiger partial charge in [0.25, 0.3) is 11.8 Å². The number of hydrogen-bond acceptors (Lipinski definition) is 7. The van der Waals surface area contributed by atoms with Crippen molar-refractivity contribution < 1.29 is 19.1 Å². The number of rotatable bonds is 9. The minimum Gasteiger partial charge on any atom is -0.465 e. The second kappa shape index (κ2) is 13.9. The molecule has 1 aromatic heterocycles. The van der Waals surface area contributed by atoms with Gasteiger partial charge in [-0.3, -0.25) is 20.4 Å². The predicted molar refractivity (Wildman–Crippen MR) is 157 cm³/mol. The number of carbonyl (C=O) groups excluding carboxylic acids is 3. The lowest BCUT2D eigenvalue weighted by Gasteiger charge is -2.18. The van der Waals surface area contributed by atoms with E-state index >= 15 is 0 Å². The maximum atomic E-state index is 13.2. The topological polar surface area (TPSA) is 99.8 Å². The number of ether oxygens (including phenoxy) is 1.